The van der Waals surface area contributed by atoms with Gasteiger partial charge in [-0.2, -0.15) is 0 Å². The first kappa shape index (κ1) is 56.7. The van der Waals surface area contributed by atoms with Crippen molar-refractivity contribution < 1.29 is 62.4 Å². The Morgan fingerprint density at radius 1 is 0.450 bits per heavy atom. The third-order valence-corrected chi connectivity index (χ3v) is 16.9. The van der Waals surface area contributed by atoms with E-state index in [0.29, 0.717) is 89.3 Å². The number of aromatic nitrogens is 2. The van der Waals surface area contributed by atoms with Crippen LogP contribution in [0, 0.1) is 65.7 Å². The van der Waals surface area contributed by atoms with Gasteiger partial charge in [0.1, 0.15) is 23.7 Å². The van der Waals surface area contributed by atoms with Crippen molar-refractivity contribution in [1.82, 2.24) is 24.7 Å². The number of hydrogen-bond donors (Lipinski definition) is 6. The number of ether oxygens (including phenoxy) is 3. The standard InChI is InChI=1S/C21H23F2NO3.C21H25FN2O3.C20H23FN2O3/c22-17-3-1-2-4-21(17)27-16-7-14-10-24(11-15(14)8-16)12-20(26)13-5-6-19(25)18(23)9-13;1-13-2-5-21(18(22)6-13)27-17-7-14-10-24(11-15(14)8-17)12-20(26)19-4-3-16(25)9-23-19;21-17-3-1-2-4-20(17)26-16-7-13-10-23(11-14(13)8-16)12-19(25)18-6-5-15(24)9-22-18/h1-6,9,14-16,20,25-26H,7-8,10-12H2;2-6,9,14-15,17,20,25-26H,7-8,10-12H2,1H3;1-6,9,13-14,16,19,24-25H,7-8,10-12H2/t14-,15+,16?,20?;14-,15+,17?,20?;13-,14+,16?,19?. The summed E-state index contributed by atoms with van der Waals surface area (Å²) < 4.78 is 72.6. The minimum Gasteiger partial charge on any atom is -0.506 e. The van der Waals surface area contributed by atoms with Crippen molar-refractivity contribution in [3.05, 3.63) is 167 Å². The average molecular weight is 1110 g/mol. The van der Waals surface area contributed by atoms with E-state index in [9.17, 15) is 48.2 Å². The molecular formula is C62H71F4N5O9. The van der Waals surface area contributed by atoms with Crippen molar-refractivity contribution >= 4 is 0 Å². The Bertz CT molecular complexity index is 2960. The van der Waals surface area contributed by atoms with Gasteiger partial charge in [0.25, 0.3) is 0 Å². The molecule has 0 bridgehead atoms. The highest BCUT2D eigenvalue weighted by atomic mass is 19.1. The topological polar surface area (TPSA) is 185 Å². The normalized spacial score (nSPS) is 26.3. The molecule has 18 heteroatoms. The molecule has 3 saturated carbocycles. The van der Waals surface area contributed by atoms with E-state index >= 15 is 0 Å². The van der Waals surface area contributed by atoms with Gasteiger partial charge in [0.15, 0.2) is 46.3 Å². The van der Waals surface area contributed by atoms with Crippen molar-refractivity contribution in [3.8, 4) is 34.5 Å². The van der Waals surface area contributed by atoms with Gasteiger partial charge >= 0.3 is 0 Å². The summed E-state index contributed by atoms with van der Waals surface area (Å²) in [6.45, 7) is 8.70. The second-order valence-corrected chi connectivity index (χ2v) is 22.8. The summed E-state index contributed by atoms with van der Waals surface area (Å²) in [6, 6.07) is 28.5. The molecule has 6 unspecified atom stereocenters. The average Bonchev–Trinajstić information content (AvgIpc) is 4.48. The number of halogens is 4. The molecule has 4 aromatic carbocycles. The van der Waals surface area contributed by atoms with Gasteiger partial charge < -0.3 is 44.8 Å². The van der Waals surface area contributed by atoms with Crippen LogP contribution < -0.4 is 14.2 Å². The van der Waals surface area contributed by atoms with E-state index in [2.05, 4.69) is 24.7 Å². The number of β-amino-alcohol motifs (C(OH)–C–C–N with tert-alkyl or cyclic N) is 3. The van der Waals surface area contributed by atoms with E-state index in [-0.39, 0.29) is 47.3 Å². The molecule has 3 saturated heterocycles. The Balaban J connectivity index is 0.000000135. The fourth-order valence-electron chi connectivity index (χ4n) is 13.0. The van der Waals surface area contributed by atoms with Crippen LogP contribution in [0.5, 0.6) is 34.5 Å². The Morgan fingerprint density at radius 3 is 1.20 bits per heavy atom. The molecule has 5 heterocycles. The molecule has 14 nitrogen and oxygen atoms in total. The highest BCUT2D eigenvalue weighted by Crippen LogP contribution is 2.43. The number of fused-ring (bicyclic) bond motifs is 3. The van der Waals surface area contributed by atoms with Gasteiger partial charge in [-0.25, -0.2) is 17.6 Å². The lowest BCUT2D eigenvalue weighted by molar-refractivity contribution is 0.112. The Labute approximate surface area is 463 Å². The van der Waals surface area contributed by atoms with Gasteiger partial charge in [-0.1, -0.05) is 36.4 Å². The number of likely N-dealkylation sites (tertiary alicyclic amines) is 3. The van der Waals surface area contributed by atoms with Gasteiger partial charge in [-0.15, -0.1) is 0 Å². The smallest absolute Gasteiger partial charge is 0.165 e. The number of phenols is 1. The first-order chi connectivity index (χ1) is 38.5. The Morgan fingerprint density at radius 2 is 0.838 bits per heavy atom. The number of nitrogens with zero attached hydrogens (tertiary/aromatic N) is 5. The van der Waals surface area contributed by atoms with Crippen LogP contribution >= 0.6 is 0 Å². The van der Waals surface area contributed by atoms with Crippen LogP contribution in [0.15, 0.2) is 122 Å². The molecule has 426 valence electrons. The Hall–Kier alpha value is -6.54. The largest absolute Gasteiger partial charge is 0.506 e. The molecule has 6 fully saturated rings. The molecule has 6 N–H and O–H groups in total. The SMILES string of the molecule is Cc1ccc(OC2C[C@@H]3CN(CC(O)c4ccc(O)cn4)C[C@@H]3C2)c(F)c1.Oc1ccc(C(O)CN2C[C@H]3CC(Oc4ccccc4F)C[C@H]3C2)cc1F.Oc1ccc(C(O)CN2C[C@H]3CC(Oc4ccccc4F)C[C@H]3C2)nc1. The van der Waals surface area contributed by atoms with Crippen LogP contribution in [-0.4, -0.2) is 133 Å². The summed E-state index contributed by atoms with van der Waals surface area (Å²) in [5, 5.41) is 59.0. The van der Waals surface area contributed by atoms with Crippen LogP contribution in [0.2, 0.25) is 0 Å². The van der Waals surface area contributed by atoms with Crippen molar-refractivity contribution in [3.63, 3.8) is 0 Å². The zero-order chi connectivity index (χ0) is 56.0. The van der Waals surface area contributed by atoms with Crippen molar-refractivity contribution in [2.24, 2.45) is 35.5 Å². The lowest BCUT2D eigenvalue weighted by Crippen LogP contribution is -2.29. The Kier molecular flexibility index (Phi) is 18.1. The number of hydrogen-bond acceptors (Lipinski definition) is 14. The first-order valence-corrected chi connectivity index (χ1v) is 27.8. The number of benzene rings is 4. The van der Waals surface area contributed by atoms with Crippen LogP contribution in [0.3, 0.4) is 0 Å². The summed E-state index contributed by atoms with van der Waals surface area (Å²) in [4.78, 5) is 14.9. The quantitative estimate of drug-likeness (QED) is 0.0535. The van der Waals surface area contributed by atoms with Gasteiger partial charge in [0.2, 0.25) is 0 Å². The highest BCUT2D eigenvalue weighted by molar-refractivity contribution is 5.31. The van der Waals surface area contributed by atoms with E-state index in [1.807, 2.05) is 13.0 Å². The molecule has 3 aliphatic heterocycles. The molecule has 6 aliphatic rings. The molecule has 6 aromatic rings. The van der Waals surface area contributed by atoms with E-state index in [4.69, 9.17) is 14.2 Å². The molecule has 12 rings (SSSR count). The molecule has 0 amide bonds. The molecule has 3 aliphatic carbocycles. The zero-order valence-electron chi connectivity index (χ0n) is 44.7. The molecule has 0 radical (unpaired) electrons. The predicted molar refractivity (Wildman–Crippen MR) is 290 cm³/mol. The van der Waals surface area contributed by atoms with E-state index in [1.54, 1.807) is 54.6 Å². The second-order valence-electron chi connectivity index (χ2n) is 22.8. The van der Waals surface area contributed by atoms with E-state index < -0.39 is 29.9 Å². The number of phenolic OH excluding ortho intramolecular Hbond substituents is 1. The van der Waals surface area contributed by atoms with Crippen LogP contribution in [0.4, 0.5) is 17.6 Å². The highest BCUT2D eigenvalue weighted by Gasteiger charge is 2.45. The van der Waals surface area contributed by atoms with Crippen molar-refractivity contribution in [2.75, 3.05) is 58.9 Å². The number of aromatic hydroxyl groups is 3. The molecule has 2 aromatic heterocycles. The summed E-state index contributed by atoms with van der Waals surface area (Å²) in [6.07, 6.45) is 6.13. The van der Waals surface area contributed by atoms with Crippen molar-refractivity contribution in [1.29, 1.82) is 0 Å². The fourth-order valence-corrected chi connectivity index (χ4v) is 13.0. The fraction of sp³-hybridized carbons (Fsp3) is 0.452. The minimum absolute atomic E-state index is 0.0233. The van der Waals surface area contributed by atoms with Crippen molar-refractivity contribution in [2.45, 2.75) is 82.1 Å². The number of aliphatic hydroxyl groups excluding tert-OH is 3. The maximum absolute atomic E-state index is 14.0. The number of aryl methyl sites for hydroxylation is 1. The minimum atomic E-state index is -0.801. The summed E-state index contributed by atoms with van der Waals surface area (Å²) in [5.41, 5.74) is 2.49. The summed E-state index contributed by atoms with van der Waals surface area (Å²) in [7, 11) is 0. The van der Waals surface area contributed by atoms with Gasteiger partial charge in [0, 0.05) is 58.9 Å². The second kappa shape index (κ2) is 25.5. The van der Waals surface area contributed by atoms with Gasteiger partial charge in [-0.3, -0.25) is 24.7 Å². The first-order valence-electron chi connectivity index (χ1n) is 27.8. The molecule has 0 spiro atoms. The third kappa shape index (κ3) is 14.3. The van der Waals surface area contributed by atoms with Crippen LogP contribution in [0.25, 0.3) is 0 Å². The predicted octanol–water partition coefficient (Wildman–Crippen LogP) is 9.30. The van der Waals surface area contributed by atoms with E-state index in [0.717, 1.165) is 83.4 Å². The zero-order valence-corrected chi connectivity index (χ0v) is 44.7. The van der Waals surface area contributed by atoms with Crippen LogP contribution in [0.1, 0.15) is 79.4 Å². The van der Waals surface area contributed by atoms with Gasteiger partial charge in [0.05, 0.1) is 48.2 Å². The lowest BCUT2D eigenvalue weighted by atomic mass is 10.0. The number of para-hydroxylation sites is 2. The maximum Gasteiger partial charge on any atom is 0.165 e. The molecular weight excluding hydrogens is 1030 g/mol. The summed E-state index contributed by atoms with van der Waals surface area (Å²) >= 11 is 0. The number of rotatable bonds is 15. The monoisotopic (exact) mass is 1110 g/mol. The van der Waals surface area contributed by atoms with E-state index in [1.165, 1.54) is 60.9 Å². The number of pyridine rings is 2. The third-order valence-electron chi connectivity index (χ3n) is 16.9. The van der Waals surface area contributed by atoms with Gasteiger partial charge in [-0.05, 0) is 165 Å². The number of aliphatic hydroxyl groups is 3. The maximum atomic E-state index is 14.0. The lowest BCUT2D eigenvalue weighted by Gasteiger charge is -2.22. The molecule has 12 atom stereocenters. The summed E-state index contributed by atoms with van der Waals surface area (Å²) in [5.74, 6) is 2.11. The van der Waals surface area contributed by atoms with Crippen LogP contribution in [-0.2, 0) is 0 Å². The molecule has 80 heavy (non-hydrogen) atoms.